The van der Waals surface area contributed by atoms with Gasteiger partial charge in [0.2, 0.25) is 0 Å². The molecule has 0 bridgehead atoms. The fourth-order valence-electron chi connectivity index (χ4n) is 3.88. The van der Waals surface area contributed by atoms with Crippen molar-refractivity contribution in [3.05, 3.63) is 41.3 Å². The second-order valence-corrected chi connectivity index (χ2v) is 7.18. The van der Waals surface area contributed by atoms with Gasteiger partial charge in [0.1, 0.15) is 5.82 Å². The Labute approximate surface area is 153 Å². The Morgan fingerprint density at radius 2 is 2.12 bits per heavy atom. The Balaban J connectivity index is 1.40. The molecule has 2 aromatic rings. The van der Waals surface area contributed by atoms with Gasteiger partial charge in [0, 0.05) is 37.3 Å². The molecule has 0 aliphatic carbocycles. The Kier molecular flexibility index (Phi) is 4.63. The lowest BCUT2D eigenvalue weighted by molar-refractivity contribution is -0.00702. The van der Waals surface area contributed by atoms with Gasteiger partial charge >= 0.3 is 0 Å². The number of H-pyrrole nitrogens is 1. The highest BCUT2D eigenvalue weighted by atomic mass is 16.5. The molecule has 4 rings (SSSR count). The Hall–Kier alpha value is -2.41. The number of carbonyl (C=O) groups is 1. The second kappa shape index (κ2) is 7.07. The van der Waals surface area contributed by atoms with E-state index >= 15 is 0 Å². The smallest absolute Gasteiger partial charge is 0.274 e. The maximum Gasteiger partial charge on any atom is 0.274 e. The van der Waals surface area contributed by atoms with E-state index in [9.17, 15) is 4.79 Å². The highest BCUT2D eigenvalue weighted by molar-refractivity contribution is 5.94. The topological polar surface area (TPSA) is 83.1 Å². The number of fused-ring (bicyclic) bond motifs is 1. The number of nitrogens with zero attached hydrogens (tertiary/aromatic N) is 3. The third kappa shape index (κ3) is 3.31. The number of aromatic amines is 1. The number of likely N-dealkylation sites (tertiary alicyclic amines) is 1. The molecule has 2 aliphatic rings. The van der Waals surface area contributed by atoms with Gasteiger partial charge in [-0.3, -0.25) is 9.89 Å². The van der Waals surface area contributed by atoms with Crippen LogP contribution in [0.2, 0.25) is 0 Å². The molecule has 0 saturated carbocycles. The van der Waals surface area contributed by atoms with E-state index in [-0.39, 0.29) is 18.1 Å². The molecule has 1 amide bonds. The van der Waals surface area contributed by atoms with Gasteiger partial charge in [-0.05, 0) is 38.8 Å². The molecule has 7 heteroatoms. The van der Waals surface area contributed by atoms with Crippen LogP contribution in [0.1, 0.15) is 54.5 Å². The molecule has 2 N–H and O–H groups in total. The normalized spacial score (nSPS) is 23.5. The predicted molar refractivity (Wildman–Crippen MR) is 98.0 cm³/mol. The summed E-state index contributed by atoms with van der Waals surface area (Å²) in [5.41, 5.74) is 2.53. The maximum absolute atomic E-state index is 13.0. The second-order valence-electron chi connectivity index (χ2n) is 7.18. The van der Waals surface area contributed by atoms with Crippen molar-refractivity contribution in [2.24, 2.45) is 0 Å². The van der Waals surface area contributed by atoms with Crippen molar-refractivity contribution in [3.63, 3.8) is 0 Å². The molecule has 0 unspecified atom stereocenters. The summed E-state index contributed by atoms with van der Waals surface area (Å²) in [6.07, 6.45) is 4.39. The zero-order valence-electron chi connectivity index (χ0n) is 15.2. The monoisotopic (exact) mass is 355 g/mol. The molecular formula is C19H25N5O2. The van der Waals surface area contributed by atoms with Crippen LogP contribution in [0.25, 0.3) is 0 Å². The van der Waals surface area contributed by atoms with E-state index in [0.29, 0.717) is 11.7 Å². The average molecular weight is 355 g/mol. The van der Waals surface area contributed by atoms with Crippen molar-refractivity contribution in [1.29, 1.82) is 0 Å². The molecule has 0 aromatic carbocycles. The largest absolute Gasteiger partial charge is 0.369 e. The summed E-state index contributed by atoms with van der Waals surface area (Å²) in [6, 6.07) is 6.19. The molecule has 0 spiro atoms. The third-order valence-electron chi connectivity index (χ3n) is 5.24. The fourth-order valence-corrected chi connectivity index (χ4v) is 3.88. The summed E-state index contributed by atoms with van der Waals surface area (Å²) in [5, 5.41) is 10.8. The number of carbonyl (C=O) groups excluding carboxylic acids is 1. The molecular weight excluding hydrogens is 330 g/mol. The number of piperidine rings is 1. The van der Waals surface area contributed by atoms with Crippen LogP contribution in [0.3, 0.4) is 0 Å². The maximum atomic E-state index is 13.0. The Morgan fingerprint density at radius 1 is 1.31 bits per heavy atom. The minimum Gasteiger partial charge on any atom is -0.369 e. The first kappa shape index (κ1) is 17.0. The van der Waals surface area contributed by atoms with Gasteiger partial charge in [-0.1, -0.05) is 6.07 Å². The molecule has 26 heavy (non-hydrogen) atoms. The predicted octanol–water partition coefficient (Wildman–Crippen LogP) is 2.54. The Bertz CT molecular complexity index is 767. The van der Waals surface area contributed by atoms with Crippen LogP contribution in [0.15, 0.2) is 24.4 Å². The van der Waals surface area contributed by atoms with Gasteiger partial charge in [0.25, 0.3) is 5.91 Å². The van der Waals surface area contributed by atoms with Crippen LogP contribution >= 0.6 is 0 Å². The van der Waals surface area contributed by atoms with E-state index in [4.69, 9.17) is 4.74 Å². The van der Waals surface area contributed by atoms with Gasteiger partial charge in [0.15, 0.2) is 5.69 Å². The number of amides is 1. The highest BCUT2D eigenvalue weighted by Gasteiger charge is 2.32. The van der Waals surface area contributed by atoms with Crippen LogP contribution in [0, 0.1) is 0 Å². The van der Waals surface area contributed by atoms with Gasteiger partial charge in [-0.2, -0.15) is 5.10 Å². The van der Waals surface area contributed by atoms with Crippen LogP contribution < -0.4 is 5.32 Å². The number of nitrogens with one attached hydrogen (secondary N) is 2. The summed E-state index contributed by atoms with van der Waals surface area (Å²) in [4.78, 5) is 19.2. The van der Waals surface area contributed by atoms with Crippen molar-refractivity contribution < 1.29 is 9.53 Å². The number of hydrogen-bond donors (Lipinski definition) is 2. The van der Waals surface area contributed by atoms with E-state index in [1.807, 2.05) is 36.9 Å². The molecule has 0 radical (unpaired) electrons. The summed E-state index contributed by atoms with van der Waals surface area (Å²) < 4.78 is 5.81. The van der Waals surface area contributed by atoms with E-state index in [1.165, 1.54) is 0 Å². The molecule has 1 fully saturated rings. The van der Waals surface area contributed by atoms with Gasteiger partial charge in [0.05, 0.1) is 17.9 Å². The number of pyridine rings is 1. The summed E-state index contributed by atoms with van der Waals surface area (Å²) in [6.45, 7) is 5.49. The molecule has 7 nitrogen and oxygen atoms in total. The number of anilines is 1. The van der Waals surface area contributed by atoms with Crippen molar-refractivity contribution in [1.82, 2.24) is 20.1 Å². The van der Waals surface area contributed by atoms with Crippen LogP contribution in [-0.4, -0.2) is 51.2 Å². The van der Waals surface area contributed by atoms with E-state index in [2.05, 4.69) is 20.5 Å². The van der Waals surface area contributed by atoms with E-state index < -0.39 is 0 Å². The van der Waals surface area contributed by atoms with Crippen molar-refractivity contribution >= 4 is 11.7 Å². The summed E-state index contributed by atoms with van der Waals surface area (Å²) in [5.74, 6) is 0.918. The fraction of sp³-hybridized carbons (Fsp3) is 0.526. The highest BCUT2D eigenvalue weighted by Crippen LogP contribution is 2.31. The van der Waals surface area contributed by atoms with E-state index in [1.54, 1.807) is 6.20 Å². The number of aromatic nitrogens is 3. The van der Waals surface area contributed by atoms with Crippen LogP contribution in [0.4, 0.5) is 5.82 Å². The molecule has 2 aliphatic heterocycles. The zero-order valence-corrected chi connectivity index (χ0v) is 15.2. The molecule has 1 saturated heterocycles. The average Bonchev–Trinajstić information content (AvgIpc) is 3.07. The lowest BCUT2D eigenvalue weighted by atomic mass is 9.98. The first-order chi connectivity index (χ1) is 12.6. The number of hydrogen-bond acceptors (Lipinski definition) is 5. The standard InChI is InChI=1S/C19H25N5O2/c1-12-11-15-17(13(2)26-12)22-23-18(15)19(25)24-9-6-14(7-10-24)21-16-5-3-4-8-20-16/h3-5,8,12-14H,6-7,9-11H2,1-2H3,(H,20,21)(H,22,23)/t12-,13+/m1/s1. The van der Waals surface area contributed by atoms with Gasteiger partial charge < -0.3 is 15.0 Å². The number of rotatable bonds is 3. The van der Waals surface area contributed by atoms with Crippen molar-refractivity contribution in [2.45, 2.75) is 51.4 Å². The first-order valence-electron chi connectivity index (χ1n) is 9.31. The van der Waals surface area contributed by atoms with Crippen molar-refractivity contribution in [2.75, 3.05) is 18.4 Å². The molecule has 4 heterocycles. The Morgan fingerprint density at radius 3 is 2.85 bits per heavy atom. The molecule has 2 aromatic heterocycles. The minimum absolute atomic E-state index is 0.0279. The van der Waals surface area contributed by atoms with Gasteiger partial charge in [-0.25, -0.2) is 4.98 Å². The quantitative estimate of drug-likeness (QED) is 0.884. The van der Waals surface area contributed by atoms with Gasteiger partial charge in [-0.15, -0.1) is 0 Å². The lowest BCUT2D eigenvalue weighted by Crippen LogP contribution is -2.43. The molecule has 138 valence electrons. The van der Waals surface area contributed by atoms with E-state index in [0.717, 1.165) is 49.4 Å². The summed E-state index contributed by atoms with van der Waals surface area (Å²) in [7, 11) is 0. The first-order valence-corrected chi connectivity index (χ1v) is 9.31. The van der Waals surface area contributed by atoms with Crippen LogP contribution in [-0.2, 0) is 11.2 Å². The number of ether oxygens (including phenoxy) is 1. The third-order valence-corrected chi connectivity index (χ3v) is 5.24. The minimum atomic E-state index is -0.0453. The SMILES string of the molecule is C[C@@H]1Cc2c(C(=O)N3CCC(Nc4ccccn4)CC3)n[nH]c2[C@H](C)O1. The zero-order chi connectivity index (χ0) is 18.1. The van der Waals surface area contributed by atoms with Crippen LogP contribution in [0.5, 0.6) is 0 Å². The molecule has 2 atom stereocenters. The van der Waals surface area contributed by atoms with Crippen molar-refractivity contribution in [3.8, 4) is 0 Å². The summed E-state index contributed by atoms with van der Waals surface area (Å²) >= 11 is 0. The lowest BCUT2D eigenvalue weighted by Gasteiger charge is -2.32.